The molecule has 104 valence electrons. The molecule has 2 atom stereocenters. The van der Waals surface area contributed by atoms with Gasteiger partial charge in [0.25, 0.3) is 0 Å². The molecule has 0 heterocycles. The second-order valence-electron chi connectivity index (χ2n) is 4.40. The van der Waals surface area contributed by atoms with Crippen molar-refractivity contribution in [3.05, 3.63) is 29.8 Å². The predicted molar refractivity (Wildman–Crippen MR) is 71.3 cm³/mol. The summed E-state index contributed by atoms with van der Waals surface area (Å²) < 4.78 is 19.1. The molecule has 2 unspecified atom stereocenters. The number of ketones is 2. The Morgan fingerprint density at radius 2 is 2.00 bits per heavy atom. The molecule has 0 bridgehead atoms. The molecule has 0 saturated carbocycles. The second-order valence-corrected chi connectivity index (χ2v) is 4.40. The van der Waals surface area contributed by atoms with Crippen LogP contribution in [0.1, 0.15) is 37.6 Å². The monoisotopic (exact) mass is 266 g/mol. The Kier molecular flexibility index (Phi) is 5.67. The lowest BCUT2D eigenvalue weighted by atomic mass is 9.95. The fourth-order valence-corrected chi connectivity index (χ4v) is 1.63. The van der Waals surface area contributed by atoms with Crippen molar-refractivity contribution in [1.82, 2.24) is 0 Å². The summed E-state index contributed by atoms with van der Waals surface area (Å²) in [6.07, 6.45) is -1.57. The summed E-state index contributed by atoms with van der Waals surface area (Å²) in [6.45, 7) is 5.69. The molecule has 0 radical (unpaired) electrons. The van der Waals surface area contributed by atoms with Crippen molar-refractivity contribution in [2.45, 2.75) is 33.4 Å². The second kappa shape index (κ2) is 7.02. The molecular formula is C15H19FO3. The van der Waals surface area contributed by atoms with Gasteiger partial charge in [0.15, 0.2) is 5.78 Å². The van der Waals surface area contributed by atoms with Gasteiger partial charge in [0.2, 0.25) is 12.0 Å². The first kappa shape index (κ1) is 15.3. The van der Waals surface area contributed by atoms with Crippen LogP contribution in [0.2, 0.25) is 0 Å². The van der Waals surface area contributed by atoms with Crippen LogP contribution >= 0.6 is 0 Å². The topological polar surface area (TPSA) is 43.4 Å². The van der Waals surface area contributed by atoms with Crippen LogP contribution in [0.5, 0.6) is 5.75 Å². The molecule has 19 heavy (non-hydrogen) atoms. The zero-order valence-electron chi connectivity index (χ0n) is 11.5. The van der Waals surface area contributed by atoms with Crippen LogP contribution < -0.4 is 4.74 Å². The molecule has 0 aliphatic rings. The summed E-state index contributed by atoms with van der Waals surface area (Å²) >= 11 is 0. The number of hydrogen-bond donors (Lipinski definition) is 0. The molecule has 0 saturated heterocycles. The van der Waals surface area contributed by atoms with Crippen molar-refractivity contribution in [3.63, 3.8) is 0 Å². The minimum atomic E-state index is -2.09. The number of ether oxygens (including phenoxy) is 1. The van der Waals surface area contributed by atoms with Crippen LogP contribution in [-0.4, -0.2) is 24.3 Å². The first-order chi connectivity index (χ1) is 9.01. The highest BCUT2D eigenvalue weighted by Crippen LogP contribution is 2.18. The fourth-order valence-electron chi connectivity index (χ4n) is 1.63. The predicted octanol–water partition coefficient (Wildman–Crippen LogP) is 3.22. The third-order valence-electron chi connectivity index (χ3n) is 3.01. The molecule has 0 aliphatic heterocycles. The van der Waals surface area contributed by atoms with E-state index >= 15 is 0 Å². The number of carbonyl (C=O) groups excluding carboxylic acids is 2. The van der Waals surface area contributed by atoms with E-state index in [2.05, 4.69) is 0 Å². The highest BCUT2D eigenvalue weighted by Gasteiger charge is 2.30. The minimum Gasteiger partial charge on any atom is -0.494 e. The number of rotatable bonds is 7. The van der Waals surface area contributed by atoms with Crippen LogP contribution in [0.3, 0.4) is 0 Å². The van der Waals surface area contributed by atoms with Gasteiger partial charge >= 0.3 is 0 Å². The van der Waals surface area contributed by atoms with Gasteiger partial charge < -0.3 is 4.74 Å². The van der Waals surface area contributed by atoms with Gasteiger partial charge in [0, 0.05) is 11.5 Å². The van der Waals surface area contributed by atoms with Crippen LogP contribution in [-0.2, 0) is 4.79 Å². The molecule has 1 aromatic carbocycles. The molecule has 3 nitrogen and oxygen atoms in total. The molecule has 0 amide bonds. The van der Waals surface area contributed by atoms with Crippen molar-refractivity contribution < 1.29 is 18.7 Å². The highest BCUT2D eigenvalue weighted by molar-refractivity contribution is 6.13. The van der Waals surface area contributed by atoms with E-state index in [0.29, 0.717) is 18.8 Å². The summed E-state index contributed by atoms with van der Waals surface area (Å²) in [5.74, 6) is -1.41. The van der Waals surface area contributed by atoms with E-state index in [1.165, 1.54) is 12.1 Å². The molecule has 0 aromatic heterocycles. The van der Waals surface area contributed by atoms with Crippen LogP contribution in [0.25, 0.3) is 0 Å². The first-order valence-corrected chi connectivity index (χ1v) is 6.46. The average molecular weight is 266 g/mol. The van der Waals surface area contributed by atoms with E-state index in [1.54, 1.807) is 26.0 Å². The number of Topliss-reactive ketones (excluding diaryl/α,β-unsaturated/α-hetero) is 2. The minimum absolute atomic E-state index is 0.162. The standard InChI is InChI=1S/C15H19FO3/c1-4-10(3)14(17)13(16)15(18)11-7-6-8-12(9-11)19-5-2/h6-10,13H,4-5H2,1-3H3. The van der Waals surface area contributed by atoms with Crippen LogP contribution in [0.4, 0.5) is 4.39 Å². The summed E-state index contributed by atoms with van der Waals surface area (Å²) in [5, 5.41) is 0. The SMILES string of the molecule is CCOc1cccc(C(=O)C(F)C(=O)C(C)CC)c1. The molecule has 0 N–H and O–H groups in total. The molecule has 1 rings (SSSR count). The van der Waals surface area contributed by atoms with Crippen LogP contribution in [0, 0.1) is 5.92 Å². The van der Waals surface area contributed by atoms with E-state index in [1.807, 2.05) is 6.92 Å². The Morgan fingerprint density at radius 1 is 1.32 bits per heavy atom. The van der Waals surface area contributed by atoms with Gasteiger partial charge in [0.05, 0.1) is 6.61 Å². The smallest absolute Gasteiger partial charge is 0.221 e. The van der Waals surface area contributed by atoms with Crippen molar-refractivity contribution in [2.24, 2.45) is 5.92 Å². The van der Waals surface area contributed by atoms with Gasteiger partial charge in [-0.05, 0) is 25.5 Å². The van der Waals surface area contributed by atoms with Crippen molar-refractivity contribution in [3.8, 4) is 5.75 Å². The van der Waals surface area contributed by atoms with Crippen LogP contribution in [0.15, 0.2) is 24.3 Å². The lowest BCUT2D eigenvalue weighted by molar-refractivity contribution is -0.125. The number of alkyl halides is 1. The van der Waals surface area contributed by atoms with E-state index in [-0.39, 0.29) is 5.56 Å². The Balaban J connectivity index is 2.87. The number of benzene rings is 1. The average Bonchev–Trinajstić information content (AvgIpc) is 2.44. The lowest BCUT2D eigenvalue weighted by Crippen LogP contribution is -2.30. The molecule has 0 aliphatic carbocycles. The molecule has 1 aromatic rings. The Hall–Kier alpha value is -1.71. The lowest BCUT2D eigenvalue weighted by Gasteiger charge is -2.12. The number of halogens is 1. The normalized spacial score (nSPS) is 13.7. The van der Waals surface area contributed by atoms with E-state index in [9.17, 15) is 14.0 Å². The fraction of sp³-hybridized carbons (Fsp3) is 0.467. The van der Waals surface area contributed by atoms with Crippen molar-refractivity contribution in [1.29, 1.82) is 0 Å². The Labute approximate surface area is 112 Å². The maximum atomic E-state index is 13.9. The summed E-state index contributed by atoms with van der Waals surface area (Å²) in [6, 6.07) is 6.24. The van der Waals surface area contributed by atoms with Gasteiger partial charge in [-0.15, -0.1) is 0 Å². The molecule has 0 spiro atoms. The number of hydrogen-bond acceptors (Lipinski definition) is 3. The van der Waals surface area contributed by atoms with E-state index in [0.717, 1.165) is 0 Å². The Morgan fingerprint density at radius 3 is 2.58 bits per heavy atom. The molecule has 0 fully saturated rings. The summed E-state index contributed by atoms with van der Waals surface area (Å²) in [5.41, 5.74) is 0.162. The van der Waals surface area contributed by atoms with Gasteiger partial charge in [-0.25, -0.2) is 4.39 Å². The van der Waals surface area contributed by atoms with Crippen molar-refractivity contribution in [2.75, 3.05) is 6.61 Å². The maximum Gasteiger partial charge on any atom is 0.221 e. The first-order valence-electron chi connectivity index (χ1n) is 6.46. The van der Waals surface area contributed by atoms with Gasteiger partial charge in [-0.3, -0.25) is 9.59 Å². The number of carbonyl (C=O) groups is 2. The zero-order valence-corrected chi connectivity index (χ0v) is 11.5. The van der Waals surface area contributed by atoms with Gasteiger partial charge in [0.1, 0.15) is 5.75 Å². The van der Waals surface area contributed by atoms with E-state index in [4.69, 9.17) is 4.74 Å². The third kappa shape index (κ3) is 3.88. The van der Waals surface area contributed by atoms with Gasteiger partial charge in [-0.1, -0.05) is 26.0 Å². The Bertz CT molecular complexity index is 456. The summed E-state index contributed by atoms with van der Waals surface area (Å²) in [7, 11) is 0. The largest absolute Gasteiger partial charge is 0.494 e. The van der Waals surface area contributed by atoms with Crippen molar-refractivity contribution >= 4 is 11.6 Å². The summed E-state index contributed by atoms with van der Waals surface area (Å²) in [4.78, 5) is 23.6. The quantitative estimate of drug-likeness (QED) is 0.562. The molecular weight excluding hydrogens is 247 g/mol. The molecule has 4 heteroatoms. The maximum absolute atomic E-state index is 13.9. The zero-order chi connectivity index (χ0) is 14.4. The van der Waals surface area contributed by atoms with E-state index < -0.39 is 23.7 Å². The van der Waals surface area contributed by atoms with Gasteiger partial charge in [-0.2, -0.15) is 0 Å². The third-order valence-corrected chi connectivity index (χ3v) is 3.01. The highest BCUT2D eigenvalue weighted by atomic mass is 19.1.